The Morgan fingerprint density at radius 1 is 1.29 bits per heavy atom. The predicted molar refractivity (Wildman–Crippen MR) is 71.1 cm³/mol. The van der Waals surface area contributed by atoms with Gasteiger partial charge in [0.25, 0.3) is 0 Å². The number of rotatable bonds is 5. The summed E-state index contributed by atoms with van der Waals surface area (Å²) in [4.78, 5) is 0. The number of nitrogens with one attached hydrogen (secondary N) is 1. The van der Waals surface area contributed by atoms with Gasteiger partial charge in [-0.05, 0) is 37.1 Å². The van der Waals surface area contributed by atoms with E-state index in [1.165, 1.54) is 11.3 Å². The average Bonchev–Trinajstić information content (AvgIpc) is 2.84. The van der Waals surface area contributed by atoms with Crippen LogP contribution in [0.2, 0.25) is 0 Å². The Bertz CT molecular complexity index is 431. The van der Waals surface area contributed by atoms with E-state index in [-0.39, 0.29) is 0 Å². The minimum Gasteiger partial charge on any atom is -0.383 e. The summed E-state index contributed by atoms with van der Waals surface area (Å²) in [6.45, 7) is 5.21. The number of aromatic nitrogens is 2. The first-order valence-electron chi connectivity index (χ1n) is 6.11. The van der Waals surface area contributed by atoms with Crippen molar-refractivity contribution in [3.05, 3.63) is 48.3 Å². The third kappa shape index (κ3) is 3.34. The fourth-order valence-electron chi connectivity index (χ4n) is 1.67. The molecule has 90 valence electrons. The highest BCUT2D eigenvalue weighted by atomic mass is 15.3. The number of nitrogens with zero attached hydrogens (tertiary/aromatic N) is 2. The number of benzene rings is 1. The van der Waals surface area contributed by atoms with E-state index in [9.17, 15) is 0 Å². The SMILES string of the molecule is CCC(C)Nc1ccc(Cn2cccn2)cc1. The molecule has 1 N–H and O–H groups in total. The van der Waals surface area contributed by atoms with Gasteiger partial charge in [-0.3, -0.25) is 4.68 Å². The Kier molecular flexibility index (Phi) is 3.81. The van der Waals surface area contributed by atoms with Gasteiger partial charge in [-0.2, -0.15) is 5.10 Å². The van der Waals surface area contributed by atoms with Crippen molar-refractivity contribution in [2.75, 3.05) is 5.32 Å². The van der Waals surface area contributed by atoms with E-state index in [0.717, 1.165) is 13.0 Å². The minimum atomic E-state index is 0.520. The molecule has 1 aromatic heterocycles. The number of hydrogen-bond donors (Lipinski definition) is 1. The van der Waals surface area contributed by atoms with Crippen molar-refractivity contribution in [1.29, 1.82) is 0 Å². The van der Waals surface area contributed by atoms with Crippen LogP contribution in [0.3, 0.4) is 0 Å². The summed E-state index contributed by atoms with van der Waals surface area (Å²) in [7, 11) is 0. The van der Waals surface area contributed by atoms with Crippen LogP contribution in [-0.4, -0.2) is 15.8 Å². The molecule has 1 unspecified atom stereocenters. The Balaban J connectivity index is 1.98. The average molecular weight is 229 g/mol. The molecule has 0 fully saturated rings. The first-order valence-corrected chi connectivity index (χ1v) is 6.11. The summed E-state index contributed by atoms with van der Waals surface area (Å²) in [6.07, 6.45) is 4.92. The van der Waals surface area contributed by atoms with Gasteiger partial charge in [-0.25, -0.2) is 0 Å². The highest BCUT2D eigenvalue weighted by Gasteiger charge is 1.99. The first kappa shape index (κ1) is 11.7. The maximum atomic E-state index is 4.20. The Morgan fingerprint density at radius 3 is 2.65 bits per heavy atom. The van der Waals surface area contributed by atoms with Crippen LogP contribution >= 0.6 is 0 Å². The molecule has 0 aliphatic rings. The predicted octanol–water partition coefficient (Wildman–Crippen LogP) is 3.14. The van der Waals surface area contributed by atoms with Crippen molar-refractivity contribution in [3.63, 3.8) is 0 Å². The molecule has 17 heavy (non-hydrogen) atoms. The molecular weight excluding hydrogens is 210 g/mol. The van der Waals surface area contributed by atoms with Crippen LogP contribution < -0.4 is 5.32 Å². The van der Waals surface area contributed by atoms with Gasteiger partial charge in [-0.1, -0.05) is 19.1 Å². The van der Waals surface area contributed by atoms with Crippen LogP contribution in [0.1, 0.15) is 25.8 Å². The lowest BCUT2D eigenvalue weighted by atomic mass is 10.2. The van der Waals surface area contributed by atoms with E-state index in [4.69, 9.17) is 0 Å². The first-order chi connectivity index (χ1) is 8.28. The van der Waals surface area contributed by atoms with E-state index < -0.39 is 0 Å². The molecule has 0 aliphatic carbocycles. The van der Waals surface area contributed by atoms with E-state index in [1.807, 2.05) is 16.9 Å². The van der Waals surface area contributed by atoms with Crippen molar-refractivity contribution < 1.29 is 0 Å². The lowest BCUT2D eigenvalue weighted by Gasteiger charge is -2.13. The lowest BCUT2D eigenvalue weighted by Crippen LogP contribution is -2.13. The second kappa shape index (κ2) is 5.53. The van der Waals surface area contributed by atoms with E-state index in [1.54, 1.807) is 6.20 Å². The third-order valence-corrected chi connectivity index (χ3v) is 2.88. The summed E-state index contributed by atoms with van der Waals surface area (Å²) in [5.74, 6) is 0. The zero-order valence-electron chi connectivity index (χ0n) is 10.4. The van der Waals surface area contributed by atoms with Crippen molar-refractivity contribution in [1.82, 2.24) is 9.78 Å². The summed E-state index contributed by atoms with van der Waals surface area (Å²) < 4.78 is 1.93. The normalized spacial score (nSPS) is 12.4. The smallest absolute Gasteiger partial charge is 0.0659 e. The topological polar surface area (TPSA) is 29.9 Å². The van der Waals surface area contributed by atoms with Crippen LogP contribution in [0.25, 0.3) is 0 Å². The fraction of sp³-hybridized carbons (Fsp3) is 0.357. The monoisotopic (exact) mass is 229 g/mol. The van der Waals surface area contributed by atoms with Crippen LogP contribution in [0.5, 0.6) is 0 Å². The molecule has 0 aliphatic heterocycles. The van der Waals surface area contributed by atoms with Crippen molar-refractivity contribution in [2.24, 2.45) is 0 Å². The van der Waals surface area contributed by atoms with E-state index in [0.29, 0.717) is 6.04 Å². The van der Waals surface area contributed by atoms with Gasteiger partial charge in [0.1, 0.15) is 0 Å². The Labute approximate surface area is 102 Å². The Morgan fingerprint density at radius 2 is 2.06 bits per heavy atom. The molecule has 1 atom stereocenters. The van der Waals surface area contributed by atoms with Gasteiger partial charge < -0.3 is 5.32 Å². The van der Waals surface area contributed by atoms with Gasteiger partial charge in [0.05, 0.1) is 6.54 Å². The number of anilines is 1. The maximum absolute atomic E-state index is 4.20. The molecule has 2 aromatic rings. The molecular formula is C14H19N3. The summed E-state index contributed by atoms with van der Waals surface area (Å²) in [5.41, 5.74) is 2.45. The molecule has 0 amide bonds. The molecule has 0 bridgehead atoms. The van der Waals surface area contributed by atoms with E-state index in [2.05, 4.69) is 48.5 Å². The zero-order chi connectivity index (χ0) is 12.1. The molecule has 1 aromatic carbocycles. The van der Waals surface area contributed by atoms with Crippen LogP contribution in [-0.2, 0) is 6.54 Å². The van der Waals surface area contributed by atoms with E-state index >= 15 is 0 Å². The molecule has 0 spiro atoms. The highest BCUT2D eigenvalue weighted by molar-refractivity contribution is 5.45. The molecule has 2 rings (SSSR count). The van der Waals surface area contributed by atoms with Gasteiger partial charge >= 0.3 is 0 Å². The van der Waals surface area contributed by atoms with Crippen molar-refractivity contribution in [2.45, 2.75) is 32.9 Å². The minimum absolute atomic E-state index is 0.520. The standard InChI is InChI=1S/C14H19N3/c1-3-12(2)16-14-7-5-13(6-8-14)11-17-10-4-9-15-17/h4-10,12,16H,3,11H2,1-2H3. The maximum Gasteiger partial charge on any atom is 0.0659 e. The summed E-state index contributed by atoms with van der Waals surface area (Å²) >= 11 is 0. The molecule has 0 saturated heterocycles. The third-order valence-electron chi connectivity index (χ3n) is 2.88. The fourth-order valence-corrected chi connectivity index (χ4v) is 1.67. The quantitative estimate of drug-likeness (QED) is 0.853. The summed E-state index contributed by atoms with van der Waals surface area (Å²) in [6, 6.07) is 11.0. The van der Waals surface area contributed by atoms with Crippen LogP contribution in [0.4, 0.5) is 5.69 Å². The zero-order valence-corrected chi connectivity index (χ0v) is 10.4. The van der Waals surface area contributed by atoms with Gasteiger partial charge in [0.2, 0.25) is 0 Å². The largest absolute Gasteiger partial charge is 0.383 e. The van der Waals surface area contributed by atoms with Gasteiger partial charge in [0, 0.05) is 24.1 Å². The molecule has 3 heteroatoms. The molecule has 1 heterocycles. The second-order valence-corrected chi connectivity index (χ2v) is 4.35. The molecule has 3 nitrogen and oxygen atoms in total. The molecule has 0 radical (unpaired) electrons. The van der Waals surface area contributed by atoms with Gasteiger partial charge in [-0.15, -0.1) is 0 Å². The Hall–Kier alpha value is -1.77. The van der Waals surface area contributed by atoms with Gasteiger partial charge in [0.15, 0.2) is 0 Å². The van der Waals surface area contributed by atoms with Crippen molar-refractivity contribution >= 4 is 5.69 Å². The van der Waals surface area contributed by atoms with Crippen LogP contribution in [0.15, 0.2) is 42.7 Å². The van der Waals surface area contributed by atoms with Crippen molar-refractivity contribution in [3.8, 4) is 0 Å². The number of hydrogen-bond acceptors (Lipinski definition) is 2. The second-order valence-electron chi connectivity index (χ2n) is 4.35. The van der Waals surface area contributed by atoms with Crippen LogP contribution in [0, 0.1) is 0 Å². The molecule has 0 saturated carbocycles. The highest BCUT2D eigenvalue weighted by Crippen LogP contribution is 2.12. The lowest BCUT2D eigenvalue weighted by molar-refractivity contribution is 0.687. The summed E-state index contributed by atoms with van der Waals surface area (Å²) in [5, 5.41) is 7.65.